The Morgan fingerprint density at radius 3 is 2.72 bits per heavy atom. The average molecular weight is 398 g/mol. The zero-order valence-corrected chi connectivity index (χ0v) is 17.2. The zero-order valence-electron chi connectivity index (χ0n) is 17.2. The number of primary amides is 1. The number of hydrogen-bond donors (Lipinski definition) is 4. The molecular formula is C21H28N5O3+. The molecule has 1 atom stereocenters. The van der Waals surface area contributed by atoms with Gasteiger partial charge in [0.2, 0.25) is 0 Å². The number of rotatable bonds is 7. The average Bonchev–Trinajstić information content (AvgIpc) is 2.92. The molecule has 5 N–H and O–H groups in total. The van der Waals surface area contributed by atoms with Gasteiger partial charge in [-0.1, -0.05) is 13.8 Å². The first-order valence-electron chi connectivity index (χ1n) is 9.51. The molecule has 1 amide bonds. The summed E-state index contributed by atoms with van der Waals surface area (Å²) >= 11 is 0. The summed E-state index contributed by atoms with van der Waals surface area (Å²) in [6.07, 6.45) is 1.66. The number of likely N-dealkylation sites (N-methyl/N-ethyl adjacent to an activating group) is 1. The summed E-state index contributed by atoms with van der Waals surface area (Å²) in [7, 11) is 1.79. The molecule has 0 saturated carbocycles. The first-order valence-corrected chi connectivity index (χ1v) is 9.51. The highest BCUT2D eigenvalue weighted by Gasteiger charge is 2.47. The second-order valence-electron chi connectivity index (χ2n) is 8.26. The Balaban J connectivity index is 2.04. The van der Waals surface area contributed by atoms with E-state index in [0.717, 1.165) is 16.7 Å². The Kier molecular flexibility index (Phi) is 5.34. The molecule has 2 aromatic rings. The van der Waals surface area contributed by atoms with Gasteiger partial charge < -0.3 is 15.6 Å². The van der Waals surface area contributed by atoms with Crippen molar-refractivity contribution in [2.24, 2.45) is 11.1 Å². The van der Waals surface area contributed by atoms with E-state index >= 15 is 0 Å². The molecule has 0 fully saturated rings. The van der Waals surface area contributed by atoms with Crippen LogP contribution < -0.4 is 15.9 Å². The third-order valence-electron chi connectivity index (χ3n) is 5.01. The lowest BCUT2D eigenvalue weighted by atomic mass is 9.93. The van der Waals surface area contributed by atoms with Gasteiger partial charge in [0.25, 0.3) is 11.7 Å². The number of carbonyl (C=O) groups excluding carboxylic acids is 1. The Labute approximate surface area is 170 Å². The number of pyridine rings is 1. The molecule has 0 radical (unpaired) electrons. The molecule has 0 aliphatic carbocycles. The third-order valence-corrected chi connectivity index (χ3v) is 5.01. The fraction of sp³-hybridized carbons (Fsp3) is 0.381. The van der Waals surface area contributed by atoms with E-state index in [9.17, 15) is 9.90 Å². The van der Waals surface area contributed by atoms with Crippen molar-refractivity contribution in [1.82, 2.24) is 10.4 Å². The van der Waals surface area contributed by atoms with Crippen molar-refractivity contribution in [2.75, 3.05) is 26.8 Å². The molecule has 8 nitrogen and oxygen atoms in total. The fourth-order valence-corrected chi connectivity index (χ4v) is 3.69. The number of fused-ring (bicyclic) bond motifs is 1. The van der Waals surface area contributed by atoms with E-state index in [1.807, 2.05) is 45.0 Å². The Morgan fingerprint density at radius 1 is 1.38 bits per heavy atom. The number of amidine groups is 1. The van der Waals surface area contributed by atoms with Crippen LogP contribution in [0.1, 0.15) is 26.3 Å². The number of amides is 1. The van der Waals surface area contributed by atoms with Gasteiger partial charge in [0, 0.05) is 28.6 Å². The quantitative estimate of drug-likeness (QED) is 0.530. The first-order chi connectivity index (χ1) is 13.6. The molecule has 29 heavy (non-hydrogen) atoms. The maximum Gasteiger partial charge on any atom is 0.260 e. The smallest absolute Gasteiger partial charge is 0.260 e. The summed E-state index contributed by atoms with van der Waals surface area (Å²) in [6.45, 7) is 6.66. The number of aliphatic hydroxyl groups is 1. The molecule has 2 heterocycles. The standard InChI is InChI=1S/C21H27N5O3/c1-5-29-15-7-6-13-8-14(10-24-16(13)9-15)18-17(20(23)28)19(22)26(4,25-18)11-21(2,3)12-27/h6-10,27H,5,11-12H2,1-4H3,(H3-,22,23,25,28)/p+1. The van der Waals surface area contributed by atoms with Crippen LogP contribution in [0.4, 0.5) is 0 Å². The van der Waals surface area contributed by atoms with Crippen molar-refractivity contribution >= 4 is 28.3 Å². The van der Waals surface area contributed by atoms with Crippen LogP contribution in [-0.2, 0) is 4.79 Å². The molecule has 1 aliphatic heterocycles. The van der Waals surface area contributed by atoms with Gasteiger partial charge >= 0.3 is 0 Å². The third kappa shape index (κ3) is 3.94. The minimum absolute atomic E-state index is 0.0392. The summed E-state index contributed by atoms with van der Waals surface area (Å²) in [6, 6.07) is 7.54. The largest absolute Gasteiger partial charge is 0.494 e. The van der Waals surface area contributed by atoms with Crippen molar-refractivity contribution in [3.05, 3.63) is 41.6 Å². The van der Waals surface area contributed by atoms with Crippen molar-refractivity contribution in [2.45, 2.75) is 20.8 Å². The lowest BCUT2D eigenvalue weighted by Crippen LogP contribution is -2.58. The van der Waals surface area contributed by atoms with Crippen molar-refractivity contribution < 1.29 is 19.2 Å². The topological polar surface area (TPSA) is 121 Å². The molecule has 0 spiro atoms. The van der Waals surface area contributed by atoms with E-state index in [2.05, 4.69) is 10.4 Å². The SMILES string of the molecule is CCOc1ccc2cc(C3=C(C(N)=O)C(=N)[N+](C)(CC(C)(C)CO)N3)cnc2c1. The van der Waals surface area contributed by atoms with Crippen LogP contribution in [0.25, 0.3) is 16.6 Å². The molecule has 1 aromatic heterocycles. The summed E-state index contributed by atoms with van der Waals surface area (Å²) in [5, 5.41) is 19.1. The van der Waals surface area contributed by atoms with Gasteiger partial charge in [-0.2, -0.15) is 4.59 Å². The van der Waals surface area contributed by atoms with Crippen LogP contribution in [0.3, 0.4) is 0 Å². The van der Waals surface area contributed by atoms with Gasteiger partial charge in [-0.25, -0.2) is 10.8 Å². The second kappa shape index (κ2) is 7.46. The van der Waals surface area contributed by atoms with Crippen molar-refractivity contribution in [3.8, 4) is 5.75 Å². The summed E-state index contributed by atoms with van der Waals surface area (Å²) in [5.74, 6) is 0.141. The molecule has 0 saturated heterocycles. The second-order valence-corrected chi connectivity index (χ2v) is 8.26. The highest BCUT2D eigenvalue weighted by molar-refractivity contribution is 6.23. The highest BCUT2D eigenvalue weighted by Crippen LogP contribution is 2.32. The maximum absolute atomic E-state index is 12.2. The van der Waals surface area contributed by atoms with Gasteiger partial charge in [-0.3, -0.25) is 9.78 Å². The molecular weight excluding hydrogens is 370 g/mol. The van der Waals surface area contributed by atoms with Crippen LogP contribution in [-0.4, -0.2) is 53.2 Å². The van der Waals surface area contributed by atoms with Crippen LogP contribution in [0.2, 0.25) is 0 Å². The first kappa shape index (κ1) is 20.8. The Hall–Kier alpha value is -2.97. The normalized spacial score (nSPS) is 19.6. The molecule has 1 aromatic carbocycles. The minimum atomic E-state index is -0.673. The Morgan fingerprint density at radius 2 is 2.10 bits per heavy atom. The lowest BCUT2D eigenvalue weighted by molar-refractivity contribution is -0.862. The molecule has 8 heteroatoms. The Bertz CT molecular complexity index is 1010. The van der Waals surface area contributed by atoms with Crippen LogP contribution in [0.15, 0.2) is 36.0 Å². The number of benzene rings is 1. The molecule has 0 bridgehead atoms. The van der Waals surface area contributed by atoms with E-state index in [0.29, 0.717) is 24.4 Å². The lowest BCUT2D eigenvalue weighted by Gasteiger charge is -2.35. The van der Waals surface area contributed by atoms with Crippen molar-refractivity contribution in [3.63, 3.8) is 0 Å². The van der Waals surface area contributed by atoms with Crippen LogP contribution in [0, 0.1) is 10.8 Å². The van der Waals surface area contributed by atoms with Gasteiger partial charge in [-0.05, 0) is 25.1 Å². The number of nitrogens with one attached hydrogen (secondary N) is 2. The summed E-state index contributed by atoms with van der Waals surface area (Å²) in [5.41, 5.74) is 10.5. The maximum atomic E-state index is 12.2. The minimum Gasteiger partial charge on any atom is -0.494 e. The number of aromatic nitrogens is 1. The van der Waals surface area contributed by atoms with E-state index in [1.54, 1.807) is 13.2 Å². The fourth-order valence-electron chi connectivity index (χ4n) is 3.69. The number of aliphatic hydroxyl groups excluding tert-OH is 1. The molecule has 3 rings (SSSR count). The highest BCUT2D eigenvalue weighted by atomic mass is 16.5. The van der Waals surface area contributed by atoms with E-state index in [4.69, 9.17) is 15.9 Å². The number of hydrogen-bond acceptors (Lipinski definition) is 6. The molecule has 1 unspecified atom stereocenters. The van der Waals surface area contributed by atoms with Crippen LogP contribution in [0.5, 0.6) is 5.75 Å². The van der Waals surface area contributed by atoms with E-state index in [1.165, 1.54) is 0 Å². The van der Waals surface area contributed by atoms with Gasteiger partial charge in [-0.15, -0.1) is 0 Å². The number of nitrogens with two attached hydrogens (primary N) is 1. The zero-order chi connectivity index (χ0) is 21.4. The number of quaternary nitrogens is 1. The van der Waals surface area contributed by atoms with Gasteiger partial charge in [0.15, 0.2) is 5.57 Å². The van der Waals surface area contributed by atoms with Gasteiger partial charge in [0.05, 0.1) is 25.8 Å². The molecule has 1 aliphatic rings. The van der Waals surface area contributed by atoms with Crippen molar-refractivity contribution in [1.29, 1.82) is 5.41 Å². The summed E-state index contributed by atoms with van der Waals surface area (Å²) < 4.78 is 5.48. The predicted octanol–water partition coefficient (Wildman–Crippen LogP) is 1.79. The molecule has 154 valence electrons. The van der Waals surface area contributed by atoms with E-state index < -0.39 is 11.3 Å². The van der Waals surface area contributed by atoms with Crippen LogP contribution >= 0.6 is 0 Å². The predicted molar refractivity (Wildman–Crippen MR) is 112 cm³/mol. The van der Waals surface area contributed by atoms with E-state index in [-0.39, 0.29) is 22.6 Å². The van der Waals surface area contributed by atoms with Gasteiger partial charge in [0.1, 0.15) is 18.0 Å². The number of ether oxygens (including phenoxy) is 1. The number of carbonyl (C=O) groups is 1. The summed E-state index contributed by atoms with van der Waals surface area (Å²) in [4.78, 5) is 16.7. The monoisotopic (exact) mass is 398 g/mol. The number of nitrogens with zero attached hydrogens (tertiary/aromatic N) is 2.